The lowest BCUT2D eigenvalue weighted by molar-refractivity contribution is -0.116. The van der Waals surface area contributed by atoms with Crippen molar-refractivity contribution in [1.29, 1.82) is 0 Å². The van der Waals surface area contributed by atoms with Crippen molar-refractivity contribution in [3.63, 3.8) is 0 Å². The number of hydrogen-bond acceptors (Lipinski definition) is 10. The lowest BCUT2D eigenvalue weighted by atomic mass is 10.2. The third-order valence-electron chi connectivity index (χ3n) is 7.09. The van der Waals surface area contributed by atoms with Gasteiger partial charge in [-0.15, -0.1) is 0 Å². The van der Waals surface area contributed by atoms with Gasteiger partial charge >= 0.3 is 12.1 Å². The fourth-order valence-electron chi connectivity index (χ4n) is 4.36. The first-order valence-electron chi connectivity index (χ1n) is 14.8. The molecule has 1 fully saturated rings. The molecule has 244 valence electrons. The first kappa shape index (κ1) is 35.7. The van der Waals surface area contributed by atoms with Crippen LogP contribution in [0, 0.1) is 6.92 Å². The third kappa shape index (κ3) is 11.3. The zero-order chi connectivity index (χ0) is 33.5. The monoisotopic (exact) mass is 648 g/mol. The average molecular weight is 649 g/mol. The molecule has 1 aromatic heterocycles. The number of anilines is 1. The molecule has 2 aromatic carbocycles. The van der Waals surface area contributed by atoms with Crippen molar-refractivity contribution >= 4 is 41.2 Å². The van der Waals surface area contributed by atoms with Crippen LogP contribution in [0.25, 0.3) is 0 Å². The molecule has 1 atom stereocenters. The van der Waals surface area contributed by atoms with Gasteiger partial charge in [0.15, 0.2) is 0 Å². The van der Waals surface area contributed by atoms with Crippen LogP contribution in [0.2, 0.25) is 0 Å². The number of nitrogens with two attached hydrogens (primary N) is 1. The summed E-state index contributed by atoms with van der Waals surface area (Å²) >= 11 is 1.00. The lowest BCUT2D eigenvalue weighted by Crippen LogP contribution is -2.32. The summed E-state index contributed by atoms with van der Waals surface area (Å²) in [5, 5.41) is 11.7. The molecule has 1 aliphatic rings. The van der Waals surface area contributed by atoms with Gasteiger partial charge in [-0.05, 0) is 51.1 Å². The number of esters is 1. The van der Waals surface area contributed by atoms with Gasteiger partial charge in [-0.25, -0.2) is 19.6 Å². The van der Waals surface area contributed by atoms with Crippen LogP contribution < -0.4 is 11.1 Å². The molecule has 13 heteroatoms. The van der Waals surface area contributed by atoms with Crippen LogP contribution in [0.1, 0.15) is 58.8 Å². The minimum absolute atomic E-state index is 0.0396. The number of thioether (sulfide) groups is 1. The predicted octanol–water partition coefficient (Wildman–Crippen LogP) is 4.73. The highest BCUT2D eigenvalue weighted by atomic mass is 32.2. The number of aryl methyl sites for hydroxylation is 1. The van der Waals surface area contributed by atoms with Crippen molar-refractivity contribution < 1.29 is 29.0 Å². The van der Waals surface area contributed by atoms with Gasteiger partial charge in [-0.3, -0.25) is 9.59 Å². The first-order chi connectivity index (χ1) is 22.1. The number of nitrogens with zero attached hydrogens (tertiary/aromatic N) is 4. The van der Waals surface area contributed by atoms with Crippen molar-refractivity contribution in [2.24, 2.45) is 0 Å². The lowest BCUT2D eigenvalue weighted by Gasteiger charge is -2.22. The average Bonchev–Trinajstić information content (AvgIpc) is 3.29. The molecule has 0 bridgehead atoms. The molecular weight excluding hydrogens is 608 g/mol. The van der Waals surface area contributed by atoms with E-state index in [4.69, 9.17) is 15.6 Å². The Morgan fingerprint density at radius 3 is 2.37 bits per heavy atom. The number of nitrogen functional groups attached to an aromatic ring is 1. The van der Waals surface area contributed by atoms with E-state index >= 15 is 0 Å². The molecule has 2 heterocycles. The second-order valence-electron chi connectivity index (χ2n) is 10.5. The maximum atomic E-state index is 12.9. The van der Waals surface area contributed by atoms with Crippen LogP contribution in [0.5, 0.6) is 0 Å². The highest BCUT2D eigenvalue weighted by Crippen LogP contribution is 2.29. The number of amides is 2. The molecule has 1 saturated heterocycles. The molecule has 1 unspecified atom stereocenters. The Morgan fingerprint density at radius 1 is 1.11 bits per heavy atom. The van der Waals surface area contributed by atoms with Gasteiger partial charge in [-0.2, -0.15) is 0 Å². The van der Waals surface area contributed by atoms with Gasteiger partial charge in [-0.1, -0.05) is 48.5 Å². The van der Waals surface area contributed by atoms with Crippen LogP contribution >= 0.6 is 11.8 Å². The maximum Gasteiger partial charge on any atom is 0.407 e. The molecule has 3 aromatic rings. The molecule has 4 N–H and O–H groups in total. The van der Waals surface area contributed by atoms with Gasteiger partial charge in [0.25, 0.3) is 0 Å². The van der Waals surface area contributed by atoms with Gasteiger partial charge in [0.1, 0.15) is 11.6 Å². The summed E-state index contributed by atoms with van der Waals surface area (Å²) in [5.41, 5.74) is 8.09. The summed E-state index contributed by atoms with van der Waals surface area (Å²) in [6, 6.07) is 17.9. The molecule has 12 nitrogen and oxygen atoms in total. The van der Waals surface area contributed by atoms with Crippen LogP contribution in [-0.4, -0.2) is 80.7 Å². The standard InChI is InChI=1S/C26H26N4O4S.C7H14N2O2/c1-18(30(17-31)16-22-15-28-19(2)29-24(22)27)23(35-26(33)21-11-7-4-8-12-21)13-14-34-25(32)20-9-5-3-6-10-20;1-6-2-4-9(7(10)11)5-3-8-6/h3-12,15,17H,13-14,16H2,1-2H3,(H2,27,28,29);6,8H,2-5H2,1H3,(H,10,11)/b23-18-;. The largest absolute Gasteiger partial charge is 0.465 e. The van der Waals surface area contributed by atoms with Gasteiger partial charge in [0.2, 0.25) is 11.5 Å². The Morgan fingerprint density at radius 2 is 1.76 bits per heavy atom. The minimum Gasteiger partial charge on any atom is -0.465 e. The number of ether oxygens (including phenoxy) is 1. The SMILES string of the molecule is C/C(=C(\CCOC(=O)c1ccccc1)SC(=O)c1ccccc1)N(C=O)Cc1cnc(C)nc1N.CC1CCN(C(=O)O)CCN1. The number of carboxylic acid groups (broad SMARTS) is 1. The van der Waals surface area contributed by atoms with Crippen molar-refractivity contribution in [3.8, 4) is 0 Å². The second-order valence-corrected chi connectivity index (χ2v) is 11.6. The van der Waals surface area contributed by atoms with Gasteiger partial charge in [0, 0.05) is 60.0 Å². The van der Waals surface area contributed by atoms with E-state index in [1.807, 2.05) is 12.1 Å². The highest BCUT2D eigenvalue weighted by Gasteiger charge is 2.19. The number of rotatable bonds is 10. The van der Waals surface area contributed by atoms with E-state index in [0.29, 0.717) is 58.7 Å². The van der Waals surface area contributed by atoms with Crippen molar-refractivity contribution in [3.05, 3.63) is 100.0 Å². The van der Waals surface area contributed by atoms with Gasteiger partial charge < -0.3 is 30.7 Å². The van der Waals surface area contributed by atoms with E-state index in [1.165, 1.54) is 9.80 Å². The van der Waals surface area contributed by atoms with E-state index in [1.54, 1.807) is 68.6 Å². The first-order valence-corrected chi connectivity index (χ1v) is 15.6. The minimum atomic E-state index is -0.805. The highest BCUT2D eigenvalue weighted by molar-refractivity contribution is 8.17. The van der Waals surface area contributed by atoms with E-state index in [2.05, 4.69) is 22.2 Å². The molecule has 0 saturated carbocycles. The summed E-state index contributed by atoms with van der Waals surface area (Å²) < 4.78 is 5.42. The fourth-order valence-corrected chi connectivity index (χ4v) is 5.29. The smallest absolute Gasteiger partial charge is 0.407 e. The topological polar surface area (TPSA) is 168 Å². The molecule has 0 aliphatic carbocycles. The Kier molecular flexibility index (Phi) is 14.2. The normalized spacial score (nSPS) is 14.9. The molecule has 0 spiro atoms. The number of nitrogens with one attached hydrogen (secondary N) is 1. The molecule has 1 aliphatic heterocycles. The van der Waals surface area contributed by atoms with E-state index in [9.17, 15) is 19.2 Å². The van der Waals surface area contributed by atoms with Gasteiger partial charge in [0.05, 0.1) is 18.7 Å². The molecule has 4 rings (SSSR count). The predicted molar refractivity (Wildman–Crippen MR) is 177 cm³/mol. The summed E-state index contributed by atoms with van der Waals surface area (Å²) in [5.74, 6) is 0.350. The van der Waals surface area contributed by atoms with Crippen LogP contribution in [0.4, 0.5) is 10.6 Å². The van der Waals surface area contributed by atoms with Crippen molar-refractivity contribution in [2.75, 3.05) is 32.0 Å². The Bertz CT molecular complexity index is 1500. The summed E-state index contributed by atoms with van der Waals surface area (Å²) in [6.07, 6.45) is 2.59. The second kappa shape index (κ2) is 18.3. The summed E-state index contributed by atoms with van der Waals surface area (Å²) in [4.78, 5) is 59.5. The Labute approximate surface area is 273 Å². The zero-order valence-electron chi connectivity index (χ0n) is 26.2. The summed E-state index contributed by atoms with van der Waals surface area (Å²) in [6.45, 7) is 7.75. The number of carbonyl (C=O) groups is 4. The number of carbonyl (C=O) groups excluding carboxylic acids is 3. The number of allylic oxidation sites excluding steroid dienone is 1. The van der Waals surface area contributed by atoms with Crippen LogP contribution in [0.15, 0.2) is 77.5 Å². The van der Waals surface area contributed by atoms with Crippen LogP contribution in [0.3, 0.4) is 0 Å². The molecule has 46 heavy (non-hydrogen) atoms. The Balaban J connectivity index is 0.000000441. The van der Waals surface area contributed by atoms with Crippen molar-refractivity contribution in [1.82, 2.24) is 25.1 Å². The van der Waals surface area contributed by atoms with E-state index in [0.717, 1.165) is 24.7 Å². The van der Waals surface area contributed by atoms with Crippen LogP contribution in [-0.2, 0) is 16.1 Å². The fraction of sp³-hybridized carbons (Fsp3) is 0.333. The molecule has 2 amide bonds. The van der Waals surface area contributed by atoms with Crippen molar-refractivity contribution in [2.45, 2.75) is 46.2 Å². The number of benzene rings is 2. The van der Waals surface area contributed by atoms with E-state index < -0.39 is 12.1 Å². The molecule has 0 radical (unpaired) electrons. The number of aromatic nitrogens is 2. The Hall–Kier alpha value is -4.75. The number of hydrogen-bond donors (Lipinski definition) is 3. The molecular formula is C33H40N6O6S. The zero-order valence-corrected chi connectivity index (χ0v) is 27.0. The van der Waals surface area contributed by atoms with E-state index in [-0.39, 0.29) is 30.5 Å². The summed E-state index contributed by atoms with van der Waals surface area (Å²) in [7, 11) is 0. The third-order valence-corrected chi connectivity index (χ3v) is 8.26. The quantitative estimate of drug-likeness (QED) is 0.205. The maximum absolute atomic E-state index is 12.9.